The number of hydrogen-bond acceptors (Lipinski definition) is 4. The van der Waals surface area contributed by atoms with Crippen molar-refractivity contribution in [2.24, 2.45) is 5.92 Å². The molecule has 1 aliphatic heterocycles. The fraction of sp³-hybridized carbons (Fsp3) is 1.00. The van der Waals surface area contributed by atoms with Gasteiger partial charge in [-0.15, -0.1) is 0 Å². The molecule has 2 N–H and O–H groups in total. The highest BCUT2D eigenvalue weighted by molar-refractivity contribution is 4.56. The fourth-order valence-electron chi connectivity index (χ4n) is 2.19. The van der Waals surface area contributed by atoms with E-state index in [0.29, 0.717) is 0 Å². The molecule has 0 spiro atoms. The molecule has 0 aromatic heterocycles. The second kappa shape index (κ2) is 10.7. The van der Waals surface area contributed by atoms with Gasteiger partial charge in [0.25, 0.3) is 0 Å². The van der Waals surface area contributed by atoms with Crippen molar-refractivity contribution in [3.8, 4) is 0 Å². The summed E-state index contributed by atoms with van der Waals surface area (Å²) in [5.74, 6) is 0.0666. The highest BCUT2D eigenvalue weighted by Gasteiger charge is 2.13. The van der Waals surface area contributed by atoms with Gasteiger partial charge in [-0.3, -0.25) is 0 Å². The molecular formula is C14H28O4. The lowest BCUT2D eigenvalue weighted by molar-refractivity contribution is -0.162. The molecule has 0 saturated carbocycles. The van der Waals surface area contributed by atoms with E-state index in [-0.39, 0.29) is 25.4 Å². The Morgan fingerprint density at radius 1 is 1.06 bits per heavy atom. The normalized spacial score (nSPS) is 20.5. The van der Waals surface area contributed by atoms with Crippen LogP contribution in [0.4, 0.5) is 0 Å². The minimum atomic E-state index is 0.0342. The van der Waals surface area contributed by atoms with E-state index < -0.39 is 0 Å². The van der Waals surface area contributed by atoms with Crippen LogP contribution < -0.4 is 0 Å². The van der Waals surface area contributed by atoms with Crippen LogP contribution in [0.15, 0.2) is 0 Å². The average Bonchev–Trinajstić information content (AvgIpc) is 2.43. The van der Waals surface area contributed by atoms with E-state index in [9.17, 15) is 0 Å². The molecule has 18 heavy (non-hydrogen) atoms. The molecule has 1 fully saturated rings. The Morgan fingerprint density at radius 2 is 1.83 bits per heavy atom. The van der Waals surface area contributed by atoms with E-state index >= 15 is 0 Å². The average molecular weight is 260 g/mol. The quantitative estimate of drug-likeness (QED) is 0.590. The van der Waals surface area contributed by atoms with Crippen molar-refractivity contribution in [3.05, 3.63) is 0 Å². The Balaban J connectivity index is 1.83. The number of ether oxygens (including phenoxy) is 2. The molecule has 0 aromatic carbocycles. The van der Waals surface area contributed by atoms with Crippen LogP contribution in [0.5, 0.6) is 0 Å². The maximum absolute atomic E-state index is 8.92. The maximum atomic E-state index is 8.92. The van der Waals surface area contributed by atoms with Gasteiger partial charge in [-0.25, -0.2) is 0 Å². The lowest BCUT2D eigenvalue weighted by Gasteiger charge is -2.22. The van der Waals surface area contributed by atoms with E-state index in [4.69, 9.17) is 19.7 Å². The van der Waals surface area contributed by atoms with Crippen molar-refractivity contribution in [2.45, 2.75) is 57.7 Å². The summed E-state index contributed by atoms with van der Waals surface area (Å²) in [5.41, 5.74) is 0. The summed E-state index contributed by atoms with van der Waals surface area (Å²) in [6.45, 7) is 1.82. The standard InChI is InChI=1S/C14H28O4/c15-11-13(12-16)7-3-1-2-5-9-17-14-8-4-6-10-18-14/h13-16H,1-12H2. The Kier molecular flexibility index (Phi) is 9.48. The Bertz CT molecular complexity index is 177. The molecule has 4 nitrogen and oxygen atoms in total. The van der Waals surface area contributed by atoms with Gasteiger partial charge in [0.05, 0.1) is 0 Å². The monoisotopic (exact) mass is 260 g/mol. The van der Waals surface area contributed by atoms with E-state index in [1.807, 2.05) is 0 Å². The van der Waals surface area contributed by atoms with Crippen LogP contribution in [0.2, 0.25) is 0 Å². The third-order valence-corrected chi connectivity index (χ3v) is 3.46. The van der Waals surface area contributed by atoms with Crippen molar-refractivity contribution < 1.29 is 19.7 Å². The summed E-state index contributed by atoms with van der Waals surface area (Å²) in [6, 6.07) is 0. The Labute approximate surface area is 110 Å². The maximum Gasteiger partial charge on any atom is 0.157 e. The number of hydrogen-bond donors (Lipinski definition) is 2. The van der Waals surface area contributed by atoms with Crippen molar-refractivity contribution in [2.75, 3.05) is 26.4 Å². The van der Waals surface area contributed by atoms with Crippen molar-refractivity contribution in [1.82, 2.24) is 0 Å². The minimum Gasteiger partial charge on any atom is -0.396 e. The van der Waals surface area contributed by atoms with Crippen molar-refractivity contribution in [1.29, 1.82) is 0 Å². The summed E-state index contributed by atoms with van der Waals surface area (Å²) in [6.07, 6.45) is 8.81. The number of aliphatic hydroxyl groups excluding tert-OH is 2. The molecular weight excluding hydrogens is 232 g/mol. The minimum absolute atomic E-state index is 0.0342. The number of rotatable bonds is 10. The van der Waals surface area contributed by atoms with Gasteiger partial charge in [0.15, 0.2) is 6.29 Å². The van der Waals surface area contributed by atoms with Crippen LogP contribution in [-0.2, 0) is 9.47 Å². The predicted octanol–water partition coefficient (Wildman–Crippen LogP) is 2.08. The second-order valence-electron chi connectivity index (χ2n) is 5.10. The molecule has 4 heteroatoms. The SMILES string of the molecule is OCC(CO)CCCCCCOC1CCCCO1. The molecule has 0 radical (unpaired) electrons. The van der Waals surface area contributed by atoms with E-state index in [2.05, 4.69) is 0 Å². The van der Waals surface area contributed by atoms with Gasteiger partial charge in [-0.2, -0.15) is 0 Å². The van der Waals surface area contributed by atoms with Crippen LogP contribution in [0.25, 0.3) is 0 Å². The summed E-state index contributed by atoms with van der Waals surface area (Å²) >= 11 is 0. The Morgan fingerprint density at radius 3 is 2.50 bits per heavy atom. The molecule has 1 saturated heterocycles. The third-order valence-electron chi connectivity index (χ3n) is 3.46. The number of unbranched alkanes of at least 4 members (excludes halogenated alkanes) is 3. The fourth-order valence-corrected chi connectivity index (χ4v) is 2.19. The van der Waals surface area contributed by atoms with Gasteiger partial charge in [0, 0.05) is 32.3 Å². The van der Waals surface area contributed by atoms with Crippen LogP contribution >= 0.6 is 0 Å². The molecule has 1 atom stereocenters. The molecule has 108 valence electrons. The summed E-state index contributed by atoms with van der Waals surface area (Å²) in [4.78, 5) is 0. The molecule has 1 unspecified atom stereocenters. The van der Waals surface area contributed by atoms with Crippen molar-refractivity contribution in [3.63, 3.8) is 0 Å². The van der Waals surface area contributed by atoms with Gasteiger partial charge in [0.2, 0.25) is 0 Å². The highest BCUT2D eigenvalue weighted by atomic mass is 16.7. The third kappa shape index (κ3) is 7.31. The first-order valence-corrected chi connectivity index (χ1v) is 7.31. The first-order valence-electron chi connectivity index (χ1n) is 7.31. The van der Waals surface area contributed by atoms with Gasteiger partial charge < -0.3 is 19.7 Å². The van der Waals surface area contributed by atoms with Gasteiger partial charge >= 0.3 is 0 Å². The van der Waals surface area contributed by atoms with E-state index in [1.54, 1.807) is 0 Å². The molecule has 0 bridgehead atoms. The largest absolute Gasteiger partial charge is 0.396 e. The van der Waals surface area contributed by atoms with Gasteiger partial charge in [0.1, 0.15) is 0 Å². The first-order chi connectivity index (χ1) is 8.86. The molecule has 1 heterocycles. The van der Waals surface area contributed by atoms with Crippen LogP contribution in [0.3, 0.4) is 0 Å². The summed E-state index contributed by atoms with van der Waals surface area (Å²) in [7, 11) is 0. The topological polar surface area (TPSA) is 58.9 Å². The van der Waals surface area contributed by atoms with Crippen LogP contribution in [0, 0.1) is 5.92 Å². The zero-order valence-corrected chi connectivity index (χ0v) is 11.4. The Hall–Kier alpha value is -0.160. The molecule has 0 amide bonds. The molecule has 0 aromatic rings. The van der Waals surface area contributed by atoms with Crippen molar-refractivity contribution >= 4 is 0 Å². The number of aliphatic hydroxyl groups is 2. The molecule has 0 aliphatic carbocycles. The second-order valence-corrected chi connectivity index (χ2v) is 5.10. The highest BCUT2D eigenvalue weighted by Crippen LogP contribution is 2.15. The first kappa shape index (κ1) is 15.9. The zero-order chi connectivity index (χ0) is 13.1. The predicted molar refractivity (Wildman–Crippen MR) is 70.3 cm³/mol. The summed E-state index contributed by atoms with van der Waals surface area (Å²) in [5, 5.41) is 17.8. The molecule has 1 aliphatic rings. The summed E-state index contributed by atoms with van der Waals surface area (Å²) < 4.78 is 11.1. The zero-order valence-electron chi connectivity index (χ0n) is 11.4. The lowest BCUT2D eigenvalue weighted by atomic mass is 10.0. The van der Waals surface area contributed by atoms with Crippen LogP contribution in [0.1, 0.15) is 51.4 Å². The van der Waals surface area contributed by atoms with E-state index in [0.717, 1.165) is 58.2 Å². The smallest absolute Gasteiger partial charge is 0.157 e. The van der Waals surface area contributed by atoms with Gasteiger partial charge in [-0.05, 0) is 32.1 Å². The van der Waals surface area contributed by atoms with E-state index in [1.165, 1.54) is 6.42 Å². The van der Waals surface area contributed by atoms with Crippen LogP contribution in [-0.4, -0.2) is 42.9 Å². The molecule has 1 rings (SSSR count). The lowest BCUT2D eigenvalue weighted by Crippen LogP contribution is -2.22. The van der Waals surface area contributed by atoms with Gasteiger partial charge in [-0.1, -0.05) is 19.3 Å².